The summed E-state index contributed by atoms with van der Waals surface area (Å²) >= 11 is 0. The van der Waals surface area contributed by atoms with Crippen LogP contribution in [-0.4, -0.2) is 39.9 Å². The van der Waals surface area contributed by atoms with Crippen LogP contribution in [0.3, 0.4) is 0 Å². The summed E-state index contributed by atoms with van der Waals surface area (Å²) in [6, 6.07) is 6.83. The van der Waals surface area contributed by atoms with E-state index in [1.165, 1.54) is 24.9 Å². The molecule has 1 aromatic rings. The Bertz CT molecular complexity index is 415. The maximum atomic E-state index is 5.38. The molecule has 4 heteroatoms. The Morgan fingerprint density at radius 2 is 1.85 bits per heavy atom. The minimum atomic E-state index is 0.673. The van der Waals surface area contributed by atoms with E-state index in [-0.39, 0.29) is 0 Å². The average molecular weight is 278 g/mol. The van der Waals surface area contributed by atoms with Crippen LogP contribution in [-0.2, 0) is 0 Å². The molecule has 112 valence electrons. The molecule has 0 saturated carbocycles. The van der Waals surface area contributed by atoms with Crippen LogP contribution in [0.4, 0.5) is 5.69 Å². The largest absolute Gasteiger partial charge is 0.493 e. The van der Waals surface area contributed by atoms with E-state index in [1.54, 1.807) is 14.2 Å². The number of rotatable bonds is 6. The molecule has 2 rings (SSSR count). The van der Waals surface area contributed by atoms with E-state index in [0.29, 0.717) is 6.04 Å². The Balaban J connectivity index is 1.96. The van der Waals surface area contributed by atoms with Gasteiger partial charge < -0.3 is 19.7 Å². The molecule has 1 saturated heterocycles. The van der Waals surface area contributed by atoms with E-state index in [4.69, 9.17) is 9.47 Å². The molecule has 0 atom stereocenters. The summed E-state index contributed by atoms with van der Waals surface area (Å²) in [5.74, 6) is 1.59. The van der Waals surface area contributed by atoms with Crippen LogP contribution in [0.5, 0.6) is 11.5 Å². The van der Waals surface area contributed by atoms with E-state index in [2.05, 4.69) is 29.3 Å². The predicted molar refractivity (Wildman–Crippen MR) is 83.1 cm³/mol. The van der Waals surface area contributed by atoms with Gasteiger partial charge in [-0.1, -0.05) is 6.92 Å². The Labute approximate surface area is 122 Å². The van der Waals surface area contributed by atoms with Crippen molar-refractivity contribution < 1.29 is 9.47 Å². The van der Waals surface area contributed by atoms with Crippen molar-refractivity contribution in [2.24, 2.45) is 0 Å². The van der Waals surface area contributed by atoms with Crippen LogP contribution in [0, 0.1) is 0 Å². The molecule has 0 spiro atoms. The van der Waals surface area contributed by atoms with Gasteiger partial charge in [0.2, 0.25) is 0 Å². The van der Waals surface area contributed by atoms with E-state index in [1.807, 2.05) is 6.07 Å². The monoisotopic (exact) mass is 278 g/mol. The van der Waals surface area contributed by atoms with Gasteiger partial charge in [0, 0.05) is 30.9 Å². The number of methoxy groups -OCH3 is 2. The lowest BCUT2D eigenvalue weighted by molar-refractivity contribution is 0.354. The normalized spacial score (nSPS) is 16.2. The molecule has 20 heavy (non-hydrogen) atoms. The molecular formula is C16H26N2O2. The first-order chi connectivity index (χ1) is 9.78. The van der Waals surface area contributed by atoms with E-state index in [9.17, 15) is 0 Å². The predicted octanol–water partition coefficient (Wildman–Crippen LogP) is 2.67. The van der Waals surface area contributed by atoms with Crippen molar-refractivity contribution in [3.05, 3.63) is 18.2 Å². The number of hydrogen-bond donors (Lipinski definition) is 1. The van der Waals surface area contributed by atoms with E-state index in [0.717, 1.165) is 31.1 Å². The molecule has 0 amide bonds. The van der Waals surface area contributed by atoms with Gasteiger partial charge in [-0.2, -0.15) is 0 Å². The highest BCUT2D eigenvalue weighted by Crippen LogP contribution is 2.32. The summed E-state index contributed by atoms with van der Waals surface area (Å²) in [7, 11) is 3.35. The zero-order valence-electron chi connectivity index (χ0n) is 12.8. The van der Waals surface area contributed by atoms with Gasteiger partial charge in [-0.15, -0.1) is 0 Å². The van der Waals surface area contributed by atoms with Crippen LogP contribution in [0.2, 0.25) is 0 Å². The quantitative estimate of drug-likeness (QED) is 0.867. The Hall–Kier alpha value is -1.42. The van der Waals surface area contributed by atoms with Crippen molar-refractivity contribution in [3.63, 3.8) is 0 Å². The first-order valence-corrected chi connectivity index (χ1v) is 7.48. The first kappa shape index (κ1) is 15.0. The van der Waals surface area contributed by atoms with Crippen molar-refractivity contribution in [1.29, 1.82) is 0 Å². The zero-order chi connectivity index (χ0) is 14.4. The summed E-state index contributed by atoms with van der Waals surface area (Å²) in [4.78, 5) is 2.42. The summed E-state index contributed by atoms with van der Waals surface area (Å²) in [5.41, 5.74) is 1.22. The van der Waals surface area contributed by atoms with Gasteiger partial charge in [0.05, 0.1) is 14.2 Å². The van der Waals surface area contributed by atoms with E-state index < -0.39 is 0 Å². The number of nitrogens with one attached hydrogen (secondary N) is 1. The van der Waals surface area contributed by atoms with Gasteiger partial charge in [-0.25, -0.2) is 0 Å². The second-order valence-electron chi connectivity index (χ2n) is 5.25. The highest BCUT2D eigenvalue weighted by Gasteiger charge is 2.19. The van der Waals surface area contributed by atoms with Gasteiger partial charge in [0.1, 0.15) is 0 Å². The van der Waals surface area contributed by atoms with Gasteiger partial charge in [0.15, 0.2) is 11.5 Å². The maximum absolute atomic E-state index is 5.38. The number of piperidine rings is 1. The Kier molecular flexibility index (Phi) is 5.53. The third kappa shape index (κ3) is 3.57. The molecule has 1 aliphatic heterocycles. The molecule has 1 N–H and O–H groups in total. The van der Waals surface area contributed by atoms with Crippen molar-refractivity contribution in [2.45, 2.75) is 32.2 Å². The zero-order valence-corrected chi connectivity index (χ0v) is 12.8. The van der Waals surface area contributed by atoms with Gasteiger partial charge in [-0.3, -0.25) is 0 Å². The average Bonchev–Trinajstić information content (AvgIpc) is 2.52. The van der Waals surface area contributed by atoms with Crippen LogP contribution in [0.25, 0.3) is 0 Å². The molecule has 1 aliphatic rings. The molecule has 1 heterocycles. The molecule has 0 bridgehead atoms. The smallest absolute Gasteiger partial charge is 0.162 e. The SMILES string of the molecule is CCCNC1CCN(c2ccc(OC)c(OC)c2)CC1. The molecular weight excluding hydrogens is 252 g/mol. The fourth-order valence-corrected chi connectivity index (χ4v) is 2.71. The Morgan fingerprint density at radius 1 is 1.15 bits per heavy atom. The number of ether oxygens (including phenoxy) is 2. The highest BCUT2D eigenvalue weighted by atomic mass is 16.5. The number of hydrogen-bond acceptors (Lipinski definition) is 4. The summed E-state index contributed by atoms with van der Waals surface area (Å²) < 4.78 is 10.7. The third-order valence-electron chi connectivity index (χ3n) is 3.91. The van der Waals surface area contributed by atoms with Crippen molar-refractivity contribution in [2.75, 3.05) is 38.8 Å². The Morgan fingerprint density at radius 3 is 2.45 bits per heavy atom. The lowest BCUT2D eigenvalue weighted by Crippen LogP contribution is -2.42. The van der Waals surface area contributed by atoms with Crippen LogP contribution < -0.4 is 19.7 Å². The maximum Gasteiger partial charge on any atom is 0.162 e. The van der Waals surface area contributed by atoms with Crippen LogP contribution in [0.1, 0.15) is 26.2 Å². The van der Waals surface area contributed by atoms with Gasteiger partial charge in [0.25, 0.3) is 0 Å². The minimum Gasteiger partial charge on any atom is -0.493 e. The molecule has 4 nitrogen and oxygen atoms in total. The summed E-state index contributed by atoms with van der Waals surface area (Å²) in [6.45, 7) is 5.53. The van der Waals surface area contributed by atoms with Gasteiger partial charge in [-0.05, 0) is 37.9 Å². The summed E-state index contributed by atoms with van der Waals surface area (Å²) in [6.07, 6.45) is 3.61. The lowest BCUT2D eigenvalue weighted by Gasteiger charge is -2.34. The fraction of sp³-hybridized carbons (Fsp3) is 0.625. The van der Waals surface area contributed by atoms with Crippen molar-refractivity contribution in [3.8, 4) is 11.5 Å². The van der Waals surface area contributed by atoms with Crippen molar-refractivity contribution >= 4 is 5.69 Å². The molecule has 0 unspecified atom stereocenters. The highest BCUT2D eigenvalue weighted by molar-refractivity contribution is 5.56. The number of anilines is 1. The second-order valence-corrected chi connectivity index (χ2v) is 5.25. The van der Waals surface area contributed by atoms with Crippen LogP contribution >= 0.6 is 0 Å². The minimum absolute atomic E-state index is 0.673. The molecule has 1 aromatic carbocycles. The van der Waals surface area contributed by atoms with E-state index >= 15 is 0 Å². The standard InChI is InChI=1S/C16H26N2O2/c1-4-9-17-13-7-10-18(11-8-13)14-5-6-15(19-2)16(12-14)20-3/h5-6,12-13,17H,4,7-11H2,1-3H3. The number of benzene rings is 1. The second kappa shape index (κ2) is 7.39. The van der Waals surface area contributed by atoms with Crippen LogP contribution in [0.15, 0.2) is 18.2 Å². The molecule has 0 radical (unpaired) electrons. The summed E-state index contributed by atoms with van der Waals surface area (Å²) in [5, 5.41) is 3.61. The fourth-order valence-electron chi connectivity index (χ4n) is 2.71. The molecule has 0 aromatic heterocycles. The topological polar surface area (TPSA) is 33.7 Å². The third-order valence-corrected chi connectivity index (χ3v) is 3.91. The van der Waals surface area contributed by atoms with Gasteiger partial charge >= 0.3 is 0 Å². The lowest BCUT2D eigenvalue weighted by atomic mass is 10.0. The first-order valence-electron chi connectivity index (χ1n) is 7.48. The molecule has 0 aliphatic carbocycles. The molecule has 1 fully saturated rings. The number of nitrogens with zero attached hydrogens (tertiary/aromatic N) is 1. The van der Waals surface area contributed by atoms with Crippen molar-refractivity contribution in [1.82, 2.24) is 5.32 Å².